The molecular formula is C18H24N2O. The van der Waals surface area contributed by atoms with Crippen LogP contribution in [-0.4, -0.2) is 12.0 Å². The summed E-state index contributed by atoms with van der Waals surface area (Å²) in [4.78, 5) is 4.33. The molecule has 3 heteroatoms. The number of aromatic nitrogens is 1. The van der Waals surface area contributed by atoms with Crippen LogP contribution in [0.4, 0.5) is 0 Å². The summed E-state index contributed by atoms with van der Waals surface area (Å²) >= 11 is 0. The maximum absolute atomic E-state index is 6.03. The Morgan fingerprint density at radius 3 is 2.38 bits per heavy atom. The van der Waals surface area contributed by atoms with Crippen molar-refractivity contribution in [3.8, 4) is 11.5 Å². The van der Waals surface area contributed by atoms with Crippen LogP contribution in [-0.2, 0) is 12.0 Å². The van der Waals surface area contributed by atoms with Crippen molar-refractivity contribution >= 4 is 0 Å². The number of nitrogens with zero attached hydrogens (tertiary/aromatic N) is 1. The maximum Gasteiger partial charge on any atom is 0.135 e. The van der Waals surface area contributed by atoms with Gasteiger partial charge in [0.15, 0.2) is 0 Å². The summed E-state index contributed by atoms with van der Waals surface area (Å²) in [6, 6.07) is 10.3. The van der Waals surface area contributed by atoms with Crippen LogP contribution in [0.5, 0.6) is 11.5 Å². The minimum atomic E-state index is 0.156. The first-order valence-corrected chi connectivity index (χ1v) is 7.28. The Balaban J connectivity index is 2.23. The topological polar surface area (TPSA) is 34.2 Å². The Morgan fingerprint density at radius 2 is 1.81 bits per heavy atom. The van der Waals surface area contributed by atoms with Gasteiger partial charge in [-0.25, -0.2) is 0 Å². The van der Waals surface area contributed by atoms with Gasteiger partial charge in [-0.1, -0.05) is 32.9 Å². The van der Waals surface area contributed by atoms with Crippen LogP contribution in [0.1, 0.15) is 37.6 Å². The van der Waals surface area contributed by atoms with E-state index in [1.807, 2.05) is 38.4 Å². The van der Waals surface area contributed by atoms with Crippen molar-refractivity contribution in [3.63, 3.8) is 0 Å². The van der Waals surface area contributed by atoms with Gasteiger partial charge in [0, 0.05) is 30.1 Å². The molecular weight excluding hydrogens is 260 g/mol. The monoisotopic (exact) mass is 284 g/mol. The van der Waals surface area contributed by atoms with Gasteiger partial charge in [-0.2, -0.15) is 0 Å². The van der Waals surface area contributed by atoms with Crippen LogP contribution >= 0.6 is 0 Å². The standard InChI is InChI=1S/C18H24N2O/c1-13-10-17(14(11-19-5)12-20-13)21-16-8-6-15(7-9-16)18(2,3)4/h6-10,12,19H,11H2,1-5H3. The van der Waals surface area contributed by atoms with Gasteiger partial charge in [-0.05, 0) is 37.1 Å². The van der Waals surface area contributed by atoms with Gasteiger partial charge < -0.3 is 10.1 Å². The zero-order valence-corrected chi connectivity index (χ0v) is 13.5. The average molecular weight is 284 g/mol. The Hall–Kier alpha value is -1.87. The van der Waals surface area contributed by atoms with E-state index in [1.54, 1.807) is 0 Å². The lowest BCUT2D eigenvalue weighted by molar-refractivity contribution is 0.471. The smallest absolute Gasteiger partial charge is 0.135 e. The highest BCUT2D eigenvalue weighted by Crippen LogP contribution is 2.28. The molecule has 0 spiro atoms. The Labute approximate surface area is 127 Å². The quantitative estimate of drug-likeness (QED) is 0.913. The zero-order chi connectivity index (χ0) is 15.5. The van der Waals surface area contributed by atoms with Crippen molar-refractivity contribution in [2.24, 2.45) is 0 Å². The molecule has 0 bridgehead atoms. The van der Waals surface area contributed by atoms with Gasteiger partial charge in [0.25, 0.3) is 0 Å². The van der Waals surface area contributed by atoms with Crippen molar-refractivity contribution in [1.29, 1.82) is 0 Å². The first-order valence-electron chi connectivity index (χ1n) is 7.28. The first kappa shape index (κ1) is 15.5. The Morgan fingerprint density at radius 1 is 1.14 bits per heavy atom. The van der Waals surface area contributed by atoms with Crippen LogP contribution in [0.3, 0.4) is 0 Å². The van der Waals surface area contributed by atoms with Crippen LogP contribution in [0, 0.1) is 6.92 Å². The number of pyridine rings is 1. The lowest BCUT2D eigenvalue weighted by atomic mass is 9.87. The molecule has 0 radical (unpaired) electrons. The molecule has 2 aromatic rings. The lowest BCUT2D eigenvalue weighted by Crippen LogP contribution is -2.10. The van der Waals surface area contributed by atoms with E-state index in [-0.39, 0.29) is 5.41 Å². The lowest BCUT2D eigenvalue weighted by Gasteiger charge is -2.19. The molecule has 1 aromatic heterocycles. The summed E-state index contributed by atoms with van der Waals surface area (Å²) in [6.07, 6.45) is 1.87. The molecule has 0 saturated heterocycles. The van der Waals surface area contributed by atoms with Crippen molar-refractivity contribution in [3.05, 3.63) is 53.3 Å². The van der Waals surface area contributed by atoms with Crippen LogP contribution in [0.15, 0.2) is 36.5 Å². The van der Waals surface area contributed by atoms with E-state index in [0.717, 1.165) is 29.3 Å². The molecule has 0 aliphatic carbocycles. The summed E-state index contributed by atoms with van der Waals surface area (Å²) in [5.74, 6) is 1.71. The molecule has 1 heterocycles. The average Bonchev–Trinajstić information content (AvgIpc) is 2.42. The number of nitrogens with one attached hydrogen (secondary N) is 1. The van der Waals surface area contributed by atoms with E-state index in [4.69, 9.17) is 4.74 Å². The third-order valence-corrected chi connectivity index (χ3v) is 3.40. The summed E-state index contributed by atoms with van der Waals surface area (Å²) in [6.45, 7) is 9.34. The normalized spacial score (nSPS) is 11.5. The third kappa shape index (κ3) is 4.05. The second-order valence-corrected chi connectivity index (χ2v) is 6.34. The highest BCUT2D eigenvalue weighted by molar-refractivity contribution is 5.39. The van der Waals surface area contributed by atoms with Crippen LogP contribution in [0.25, 0.3) is 0 Å². The summed E-state index contributed by atoms with van der Waals surface area (Å²) < 4.78 is 6.03. The fourth-order valence-corrected chi connectivity index (χ4v) is 2.13. The van der Waals surface area contributed by atoms with Crippen molar-refractivity contribution in [2.75, 3.05) is 7.05 Å². The predicted molar refractivity (Wildman–Crippen MR) is 87.0 cm³/mol. The van der Waals surface area contributed by atoms with Gasteiger partial charge in [0.1, 0.15) is 11.5 Å². The largest absolute Gasteiger partial charge is 0.457 e. The molecule has 0 atom stereocenters. The van der Waals surface area contributed by atoms with E-state index in [2.05, 4.69) is 43.2 Å². The van der Waals surface area contributed by atoms with Crippen LogP contribution in [0.2, 0.25) is 0 Å². The van der Waals surface area contributed by atoms with Gasteiger partial charge in [0.2, 0.25) is 0 Å². The molecule has 0 saturated carbocycles. The number of ether oxygens (including phenoxy) is 1. The molecule has 1 aromatic carbocycles. The SMILES string of the molecule is CNCc1cnc(C)cc1Oc1ccc(C(C)(C)C)cc1. The fourth-order valence-electron chi connectivity index (χ4n) is 2.13. The van der Waals surface area contributed by atoms with E-state index in [9.17, 15) is 0 Å². The molecule has 0 unspecified atom stereocenters. The van der Waals surface area contributed by atoms with Gasteiger partial charge in [0.05, 0.1) is 0 Å². The molecule has 1 N–H and O–H groups in total. The second kappa shape index (κ2) is 6.27. The first-order chi connectivity index (χ1) is 9.90. The molecule has 0 fully saturated rings. The molecule has 0 aliphatic heterocycles. The molecule has 0 aliphatic rings. The van der Waals surface area contributed by atoms with Gasteiger partial charge in [-0.3, -0.25) is 4.98 Å². The number of hydrogen-bond acceptors (Lipinski definition) is 3. The highest BCUT2D eigenvalue weighted by Gasteiger charge is 2.13. The fraction of sp³-hybridized carbons (Fsp3) is 0.389. The minimum Gasteiger partial charge on any atom is -0.457 e. The number of rotatable bonds is 4. The molecule has 21 heavy (non-hydrogen) atoms. The second-order valence-electron chi connectivity index (χ2n) is 6.34. The summed E-state index contributed by atoms with van der Waals surface area (Å²) in [5.41, 5.74) is 3.47. The zero-order valence-electron chi connectivity index (χ0n) is 13.5. The van der Waals surface area contributed by atoms with Gasteiger partial charge in [-0.15, -0.1) is 0 Å². The molecule has 3 nitrogen and oxygen atoms in total. The molecule has 112 valence electrons. The molecule has 0 amide bonds. The van der Waals surface area contributed by atoms with Crippen LogP contribution < -0.4 is 10.1 Å². The van der Waals surface area contributed by atoms with E-state index in [1.165, 1.54) is 5.56 Å². The van der Waals surface area contributed by atoms with Crippen molar-refractivity contribution < 1.29 is 4.74 Å². The summed E-state index contributed by atoms with van der Waals surface area (Å²) in [5, 5.41) is 3.14. The Bertz CT molecular complexity index is 598. The number of benzene rings is 1. The van der Waals surface area contributed by atoms with Crippen molar-refractivity contribution in [1.82, 2.24) is 10.3 Å². The van der Waals surface area contributed by atoms with Gasteiger partial charge >= 0.3 is 0 Å². The van der Waals surface area contributed by atoms with Crippen molar-refractivity contribution in [2.45, 2.75) is 39.7 Å². The van der Waals surface area contributed by atoms with E-state index < -0.39 is 0 Å². The third-order valence-electron chi connectivity index (χ3n) is 3.40. The predicted octanol–water partition coefficient (Wildman–Crippen LogP) is 4.20. The maximum atomic E-state index is 6.03. The number of aryl methyl sites for hydroxylation is 1. The summed E-state index contributed by atoms with van der Waals surface area (Å²) in [7, 11) is 1.92. The number of hydrogen-bond donors (Lipinski definition) is 1. The van der Waals surface area contributed by atoms with E-state index in [0.29, 0.717) is 0 Å². The molecule has 2 rings (SSSR count). The Kier molecular flexibility index (Phi) is 4.63. The minimum absolute atomic E-state index is 0.156. The highest BCUT2D eigenvalue weighted by atomic mass is 16.5. The van der Waals surface area contributed by atoms with E-state index >= 15 is 0 Å².